The van der Waals surface area contributed by atoms with Gasteiger partial charge in [-0.25, -0.2) is 4.39 Å². The van der Waals surface area contributed by atoms with E-state index in [1.54, 1.807) is 17.0 Å². The van der Waals surface area contributed by atoms with Gasteiger partial charge in [-0.1, -0.05) is 18.6 Å². The first-order chi connectivity index (χ1) is 11.1. The summed E-state index contributed by atoms with van der Waals surface area (Å²) in [7, 11) is 0. The van der Waals surface area contributed by atoms with Gasteiger partial charge in [-0.2, -0.15) is 0 Å². The Balaban J connectivity index is 1.52. The summed E-state index contributed by atoms with van der Waals surface area (Å²) in [5.74, 6) is -0.819. The smallest absolute Gasteiger partial charge is 0.309 e. The molecule has 1 aliphatic heterocycles. The van der Waals surface area contributed by atoms with E-state index >= 15 is 0 Å². The van der Waals surface area contributed by atoms with Crippen molar-refractivity contribution < 1.29 is 23.5 Å². The van der Waals surface area contributed by atoms with Gasteiger partial charge in [0.25, 0.3) is 5.91 Å². The molecular formula is C17H20FNO4. The van der Waals surface area contributed by atoms with Crippen LogP contribution in [-0.4, -0.2) is 43.1 Å². The fourth-order valence-corrected chi connectivity index (χ4v) is 2.74. The number of benzene rings is 1. The van der Waals surface area contributed by atoms with E-state index in [4.69, 9.17) is 9.47 Å². The topological polar surface area (TPSA) is 55.8 Å². The monoisotopic (exact) mass is 321 g/mol. The highest BCUT2D eigenvalue weighted by Crippen LogP contribution is 2.27. The maximum Gasteiger partial charge on any atom is 0.309 e. The van der Waals surface area contributed by atoms with E-state index in [1.165, 1.54) is 12.1 Å². The molecule has 3 rings (SSSR count). The molecule has 1 aromatic rings. The highest BCUT2D eigenvalue weighted by molar-refractivity contribution is 5.81. The van der Waals surface area contributed by atoms with Gasteiger partial charge in [-0.3, -0.25) is 9.59 Å². The Labute approximate surface area is 134 Å². The van der Waals surface area contributed by atoms with Gasteiger partial charge in [0, 0.05) is 6.54 Å². The molecular weight excluding hydrogens is 301 g/mol. The lowest BCUT2D eigenvalue weighted by Crippen LogP contribution is -2.44. The van der Waals surface area contributed by atoms with Crippen molar-refractivity contribution in [1.29, 1.82) is 0 Å². The predicted octanol–water partition coefficient (Wildman–Crippen LogP) is 2.07. The molecule has 2 aliphatic rings. The van der Waals surface area contributed by atoms with Crippen LogP contribution in [0.3, 0.4) is 0 Å². The van der Waals surface area contributed by atoms with Crippen molar-refractivity contribution in [1.82, 2.24) is 4.90 Å². The van der Waals surface area contributed by atoms with Gasteiger partial charge in [0.1, 0.15) is 11.9 Å². The highest BCUT2D eigenvalue weighted by atomic mass is 19.1. The van der Waals surface area contributed by atoms with Crippen LogP contribution in [0, 0.1) is 11.7 Å². The van der Waals surface area contributed by atoms with Crippen molar-refractivity contribution in [3.8, 4) is 0 Å². The first-order valence-electron chi connectivity index (χ1n) is 7.95. The average molecular weight is 321 g/mol. The van der Waals surface area contributed by atoms with Gasteiger partial charge >= 0.3 is 5.97 Å². The van der Waals surface area contributed by atoms with Gasteiger partial charge in [0.15, 0.2) is 6.61 Å². The van der Waals surface area contributed by atoms with E-state index in [0.29, 0.717) is 19.7 Å². The quantitative estimate of drug-likeness (QED) is 0.797. The molecule has 0 bridgehead atoms. The minimum atomic E-state index is -0.305. The van der Waals surface area contributed by atoms with E-state index < -0.39 is 0 Å². The Bertz CT molecular complexity index is 570. The zero-order valence-corrected chi connectivity index (χ0v) is 12.9. The molecule has 124 valence electrons. The summed E-state index contributed by atoms with van der Waals surface area (Å²) >= 11 is 0. The molecule has 1 saturated heterocycles. The zero-order valence-electron chi connectivity index (χ0n) is 12.9. The standard InChI is InChI=1S/C17H20FNO4/c18-14-6-4-12(5-7-14)15-10-19(8-9-22-15)16(20)11-23-17(21)13-2-1-3-13/h4-7,13,15H,1-3,8-11H2/t15-/m1/s1. The van der Waals surface area contributed by atoms with Crippen molar-refractivity contribution in [3.63, 3.8) is 0 Å². The van der Waals surface area contributed by atoms with Crippen molar-refractivity contribution in [3.05, 3.63) is 35.6 Å². The first-order valence-corrected chi connectivity index (χ1v) is 7.95. The number of halogens is 1. The number of hydrogen-bond donors (Lipinski definition) is 0. The summed E-state index contributed by atoms with van der Waals surface area (Å²) in [5.41, 5.74) is 0.829. The number of hydrogen-bond acceptors (Lipinski definition) is 4. The lowest BCUT2D eigenvalue weighted by atomic mass is 9.86. The van der Waals surface area contributed by atoms with Crippen LogP contribution in [0.5, 0.6) is 0 Å². The third kappa shape index (κ3) is 3.88. The zero-order chi connectivity index (χ0) is 16.2. The second-order valence-electron chi connectivity index (χ2n) is 5.99. The van der Waals surface area contributed by atoms with Crippen LogP contribution in [0.4, 0.5) is 4.39 Å². The number of carbonyl (C=O) groups is 2. The van der Waals surface area contributed by atoms with Gasteiger partial charge in [-0.05, 0) is 30.5 Å². The second kappa shape index (κ2) is 7.08. The molecule has 1 aromatic carbocycles. The molecule has 5 nitrogen and oxygen atoms in total. The number of esters is 1. The van der Waals surface area contributed by atoms with E-state index in [1.807, 2.05) is 0 Å². The summed E-state index contributed by atoms with van der Waals surface area (Å²) in [4.78, 5) is 25.5. The summed E-state index contributed by atoms with van der Waals surface area (Å²) < 4.78 is 23.7. The molecule has 23 heavy (non-hydrogen) atoms. The third-order valence-corrected chi connectivity index (χ3v) is 4.44. The first kappa shape index (κ1) is 15.9. The second-order valence-corrected chi connectivity index (χ2v) is 5.99. The average Bonchev–Trinajstić information content (AvgIpc) is 2.52. The molecule has 0 aromatic heterocycles. The molecule has 0 spiro atoms. The number of rotatable bonds is 4. The summed E-state index contributed by atoms with van der Waals surface area (Å²) in [5, 5.41) is 0. The maximum atomic E-state index is 13.0. The van der Waals surface area contributed by atoms with E-state index in [-0.39, 0.29) is 36.3 Å². The molecule has 1 saturated carbocycles. The fourth-order valence-electron chi connectivity index (χ4n) is 2.74. The van der Waals surface area contributed by atoms with Crippen LogP contribution in [0.2, 0.25) is 0 Å². The lowest BCUT2D eigenvalue weighted by molar-refractivity contribution is -0.160. The van der Waals surface area contributed by atoms with E-state index in [9.17, 15) is 14.0 Å². The lowest BCUT2D eigenvalue weighted by Gasteiger charge is -2.33. The van der Waals surface area contributed by atoms with Gasteiger partial charge in [0.2, 0.25) is 0 Å². The summed E-state index contributed by atoms with van der Waals surface area (Å²) in [6.45, 7) is 1.04. The Morgan fingerprint density at radius 3 is 2.65 bits per heavy atom. The van der Waals surface area contributed by atoms with Crippen LogP contribution < -0.4 is 0 Å². The molecule has 1 heterocycles. The van der Waals surface area contributed by atoms with Crippen molar-refractivity contribution in [2.45, 2.75) is 25.4 Å². The number of morpholine rings is 1. The molecule has 1 amide bonds. The summed E-state index contributed by atoms with van der Waals surface area (Å²) in [6, 6.07) is 6.06. The van der Waals surface area contributed by atoms with Gasteiger partial charge < -0.3 is 14.4 Å². The van der Waals surface area contributed by atoms with Crippen LogP contribution in [-0.2, 0) is 19.1 Å². The molecule has 6 heteroatoms. The normalized spacial score (nSPS) is 21.6. The van der Waals surface area contributed by atoms with Crippen molar-refractivity contribution in [2.75, 3.05) is 26.3 Å². The molecule has 1 atom stereocenters. The Hall–Kier alpha value is -1.95. The minimum Gasteiger partial charge on any atom is -0.455 e. The van der Waals surface area contributed by atoms with Crippen LogP contribution in [0.1, 0.15) is 30.9 Å². The number of amides is 1. The number of ether oxygens (including phenoxy) is 2. The van der Waals surface area contributed by atoms with Crippen molar-refractivity contribution >= 4 is 11.9 Å². The third-order valence-electron chi connectivity index (χ3n) is 4.44. The van der Waals surface area contributed by atoms with Crippen LogP contribution in [0.15, 0.2) is 24.3 Å². The Morgan fingerprint density at radius 2 is 2.00 bits per heavy atom. The number of nitrogens with zero attached hydrogens (tertiary/aromatic N) is 1. The molecule has 1 aliphatic carbocycles. The van der Waals surface area contributed by atoms with Crippen molar-refractivity contribution in [2.24, 2.45) is 5.92 Å². The van der Waals surface area contributed by atoms with E-state index in [2.05, 4.69) is 0 Å². The van der Waals surface area contributed by atoms with Gasteiger partial charge in [0.05, 0.1) is 19.1 Å². The molecule has 0 unspecified atom stereocenters. The minimum absolute atomic E-state index is 0.0283. The molecule has 2 fully saturated rings. The molecule has 0 radical (unpaired) electrons. The molecule has 0 N–H and O–H groups in total. The number of carbonyl (C=O) groups excluding carboxylic acids is 2. The SMILES string of the molecule is O=C(OCC(=O)N1CCO[C@@H](c2ccc(F)cc2)C1)C1CCC1. The van der Waals surface area contributed by atoms with E-state index in [0.717, 1.165) is 24.8 Å². The predicted molar refractivity (Wildman–Crippen MR) is 80.0 cm³/mol. The van der Waals surface area contributed by atoms with Crippen LogP contribution >= 0.6 is 0 Å². The Kier molecular flexibility index (Phi) is 4.91. The highest BCUT2D eigenvalue weighted by Gasteiger charge is 2.29. The van der Waals surface area contributed by atoms with Crippen LogP contribution in [0.25, 0.3) is 0 Å². The Morgan fingerprint density at radius 1 is 1.26 bits per heavy atom. The fraction of sp³-hybridized carbons (Fsp3) is 0.529. The van der Waals surface area contributed by atoms with Gasteiger partial charge in [-0.15, -0.1) is 0 Å². The summed E-state index contributed by atoms with van der Waals surface area (Å²) in [6.07, 6.45) is 2.49. The maximum absolute atomic E-state index is 13.0. The largest absolute Gasteiger partial charge is 0.455 e.